The van der Waals surface area contributed by atoms with Gasteiger partial charge in [-0.2, -0.15) is 13.2 Å². The second-order valence-corrected chi connectivity index (χ2v) is 7.43. The Bertz CT molecular complexity index is 999. The molecule has 0 spiro atoms. The molecule has 1 amide bonds. The minimum absolute atomic E-state index is 0.142. The van der Waals surface area contributed by atoms with Crippen LogP contribution in [0.15, 0.2) is 29.6 Å². The summed E-state index contributed by atoms with van der Waals surface area (Å²) >= 11 is 12.3. The van der Waals surface area contributed by atoms with Crippen molar-refractivity contribution < 1.29 is 22.7 Å². The summed E-state index contributed by atoms with van der Waals surface area (Å²) in [5.41, 5.74) is 1.17. The first-order valence-corrected chi connectivity index (χ1v) is 9.33. The summed E-state index contributed by atoms with van der Waals surface area (Å²) in [5.74, 6) is -1.57. The quantitative estimate of drug-likeness (QED) is 0.541. The van der Waals surface area contributed by atoms with Crippen molar-refractivity contribution >= 4 is 52.1 Å². The maximum Gasteiger partial charge on any atom is 0.471 e. The van der Waals surface area contributed by atoms with E-state index < -0.39 is 12.1 Å². The lowest BCUT2D eigenvalue weighted by Gasteiger charge is -2.23. The summed E-state index contributed by atoms with van der Waals surface area (Å²) < 4.78 is 44.6. The number of hydrogen-bond acceptors (Lipinski definition) is 4. The molecule has 27 heavy (non-hydrogen) atoms. The molecule has 3 aromatic rings. The van der Waals surface area contributed by atoms with Gasteiger partial charge in [0.15, 0.2) is 4.77 Å². The highest BCUT2D eigenvalue weighted by atomic mass is 35.5. The second-order valence-electron chi connectivity index (χ2n) is 5.56. The van der Waals surface area contributed by atoms with E-state index in [0.29, 0.717) is 36.4 Å². The number of thiophene rings is 1. The first-order valence-electron chi connectivity index (χ1n) is 7.67. The highest BCUT2D eigenvalue weighted by Crippen LogP contribution is 2.28. The molecular formula is C16H13ClF3N3O2S2. The maximum atomic E-state index is 12.9. The van der Waals surface area contributed by atoms with Crippen LogP contribution in [0.25, 0.3) is 11.0 Å². The number of benzene rings is 1. The average Bonchev–Trinajstić information content (AvgIpc) is 3.20. The van der Waals surface area contributed by atoms with Crippen molar-refractivity contribution in [2.45, 2.75) is 12.7 Å². The third kappa shape index (κ3) is 4.82. The molecular weight excluding hydrogens is 423 g/mol. The lowest BCUT2D eigenvalue weighted by Crippen LogP contribution is -2.42. The number of H-pyrrole nitrogens is 2. The average molecular weight is 436 g/mol. The minimum Gasteiger partial charge on any atom is -0.489 e. The molecule has 0 saturated heterocycles. The lowest BCUT2D eigenvalue weighted by molar-refractivity contribution is -0.186. The van der Waals surface area contributed by atoms with Crippen LogP contribution in [-0.4, -0.2) is 40.1 Å². The van der Waals surface area contributed by atoms with Crippen molar-refractivity contribution in [1.82, 2.24) is 14.9 Å². The van der Waals surface area contributed by atoms with Gasteiger partial charge < -0.3 is 19.6 Å². The molecule has 11 heteroatoms. The van der Waals surface area contributed by atoms with Gasteiger partial charge in [-0.05, 0) is 29.7 Å². The number of carbonyl (C=O) groups is 1. The van der Waals surface area contributed by atoms with E-state index in [2.05, 4.69) is 9.97 Å². The van der Waals surface area contributed by atoms with Crippen molar-refractivity contribution in [1.29, 1.82) is 0 Å². The lowest BCUT2D eigenvalue weighted by atomic mass is 10.3. The van der Waals surface area contributed by atoms with Gasteiger partial charge in [-0.3, -0.25) is 4.79 Å². The molecule has 0 saturated carbocycles. The second kappa shape index (κ2) is 7.91. The third-order valence-electron chi connectivity index (χ3n) is 3.63. The Morgan fingerprint density at radius 1 is 1.33 bits per heavy atom. The molecule has 0 bridgehead atoms. The Morgan fingerprint density at radius 2 is 2.11 bits per heavy atom. The van der Waals surface area contributed by atoms with Crippen LogP contribution >= 0.6 is 35.2 Å². The number of fused-ring (bicyclic) bond motifs is 1. The van der Waals surface area contributed by atoms with Gasteiger partial charge in [0.25, 0.3) is 0 Å². The van der Waals surface area contributed by atoms with Gasteiger partial charge in [0.05, 0.1) is 18.6 Å². The van der Waals surface area contributed by atoms with E-state index in [-0.39, 0.29) is 19.7 Å². The number of alkyl halides is 3. The predicted molar refractivity (Wildman–Crippen MR) is 99.8 cm³/mol. The predicted octanol–water partition coefficient (Wildman–Crippen LogP) is 4.91. The number of halogens is 4. The molecule has 0 atom stereocenters. The van der Waals surface area contributed by atoms with Crippen LogP contribution in [0, 0.1) is 4.77 Å². The first-order chi connectivity index (χ1) is 12.7. The molecule has 0 radical (unpaired) electrons. The molecule has 3 rings (SSSR count). The number of aromatic nitrogens is 2. The summed E-state index contributed by atoms with van der Waals surface area (Å²) in [6.45, 7) is -0.527. The van der Waals surface area contributed by atoms with Gasteiger partial charge in [0, 0.05) is 16.0 Å². The van der Waals surface area contributed by atoms with Crippen LogP contribution in [0.3, 0.4) is 0 Å². The Balaban J connectivity index is 1.74. The van der Waals surface area contributed by atoms with Crippen molar-refractivity contribution in [2.75, 3.05) is 13.2 Å². The number of imidazole rings is 1. The number of amides is 1. The fourth-order valence-corrected chi connectivity index (χ4v) is 3.62. The van der Waals surface area contributed by atoms with E-state index in [1.165, 1.54) is 17.4 Å². The van der Waals surface area contributed by atoms with Gasteiger partial charge in [-0.1, -0.05) is 17.7 Å². The summed E-state index contributed by atoms with van der Waals surface area (Å²) in [7, 11) is 0. The van der Waals surface area contributed by atoms with Crippen molar-refractivity contribution in [3.8, 4) is 5.75 Å². The standard InChI is InChI=1S/C16H13ClF3N3O2S2/c17-9-6-11-13(22-15(26)21-11)12(7-9)25-4-3-23(14(24)16(18,19)20)8-10-2-1-5-27-10/h1-2,5-7H,3-4,8H2,(H2,21,22,26). The number of hydrogen-bond donors (Lipinski definition) is 2. The Hall–Kier alpha value is -2.04. The Labute approximate surface area is 165 Å². The van der Waals surface area contributed by atoms with E-state index in [9.17, 15) is 18.0 Å². The zero-order valence-electron chi connectivity index (χ0n) is 13.6. The van der Waals surface area contributed by atoms with Gasteiger partial charge in [0.2, 0.25) is 0 Å². The monoisotopic (exact) mass is 435 g/mol. The Morgan fingerprint density at radius 3 is 2.78 bits per heavy atom. The van der Waals surface area contributed by atoms with E-state index in [4.69, 9.17) is 28.6 Å². The molecule has 2 N–H and O–H groups in total. The van der Waals surface area contributed by atoms with Crippen LogP contribution in [0.4, 0.5) is 13.2 Å². The fraction of sp³-hybridized carbons (Fsp3) is 0.250. The van der Waals surface area contributed by atoms with Crippen LogP contribution in [0.5, 0.6) is 5.75 Å². The number of nitrogens with zero attached hydrogens (tertiary/aromatic N) is 1. The minimum atomic E-state index is -4.95. The summed E-state index contributed by atoms with van der Waals surface area (Å²) in [6.07, 6.45) is -4.95. The van der Waals surface area contributed by atoms with Crippen molar-refractivity contribution in [3.05, 3.63) is 44.3 Å². The van der Waals surface area contributed by atoms with Crippen molar-refractivity contribution in [2.24, 2.45) is 0 Å². The van der Waals surface area contributed by atoms with E-state index in [1.54, 1.807) is 23.6 Å². The summed E-state index contributed by atoms with van der Waals surface area (Å²) in [6, 6.07) is 6.55. The molecule has 0 aliphatic carbocycles. The van der Waals surface area contributed by atoms with Gasteiger partial charge in [-0.15, -0.1) is 11.3 Å². The SMILES string of the molecule is O=C(N(CCOc1cc(Cl)cc2[nH]c(=S)[nH]c12)Cc1cccs1)C(F)(F)F. The van der Waals surface area contributed by atoms with Crippen LogP contribution in [0.2, 0.25) is 5.02 Å². The normalized spacial score (nSPS) is 11.7. The molecule has 0 unspecified atom stereocenters. The number of nitrogens with one attached hydrogen (secondary N) is 2. The van der Waals surface area contributed by atoms with E-state index in [0.717, 1.165) is 0 Å². The van der Waals surface area contributed by atoms with Crippen LogP contribution in [-0.2, 0) is 11.3 Å². The summed E-state index contributed by atoms with van der Waals surface area (Å²) in [5, 5.41) is 2.11. The largest absolute Gasteiger partial charge is 0.489 e. The van der Waals surface area contributed by atoms with E-state index in [1.807, 2.05) is 0 Å². The highest BCUT2D eigenvalue weighted by molar-refractivity contribution is 7.71. The van der Waals surface area contributed by atoms with Gasteiger partial charge in [0.1, 0.15) is 17.9 Å². The number of rotatable bonds is 6. The third-order valence-corrected chi connectivity index (χ3v) is 4.91. The molecule has 0 fully saturated rings. The zero-order chi connectivity index (χ0) is 19.6. The molecule has 144 valence electrons. The number of aromatic amines is 2. The maximum absolute atomic E-state index is 12.9. The number of ether oxygens (including phenoxy) is 1. The van der Waals surface area contributed by atoms with Gasteiger partial charge >= 0.3 is 12.1 Å². The van der Waals surface area contributed by atoms with Crippen molar-refractivity contribution in [3.63, 3.8) is 0 Å². The topological polar surface area (TPSA) is 61.1 Å². The molecule has 1 aromatic carbocycles. The Kier molecular flexibility index (Phi) is 5.78. The highest BCUT2D eigenvalue weighted by Gasteiger charge is 2.42. The van der Waals surface area contributed by atoms with Crippen LogP contribution < -0.4 is 4.74 Å². The fourth-order valence-electron chi connectivity index (χ4n) is 2.48. The summed E-state index contributed by atoms with van der Waals surface area (Å²) in [4.78, 5) is 18.9. The van der Waals surface area contributed by atoms with E-state index >= 15 is 0 Å². The van der Waals surface area contributed by atoms with Gasteiger partial charge in [-0.25, -0.2) is 0 Å². The first kappa shape index (κ1) is 19.7. The zero-order valence-corrected chi connectivity index (χ0v) is 16.0. The molecule has 2 heterocycles. The van der Waals surface area contributed by atoms with Crippen LogP contribution in [0.1, 0.15) is 4.88 Å². The molecule has 0 aliphatic rings. The molecule has 2 aromatic heterocycles. The number of carbonyl (C=O) groups excluding carboxylic acids is 1. The molecule has 5 nitrogen and oxygen atoms in total. The molecule has 0 aliphatic heterocycles. The smallest absolute Gasteiger partial charge is 0.471 e.